The molecule has 2 aromatic heterocycles. The number of carboxylic acids is 1. The third-order valence-corrected chi connectivity index (χ3v) is 4.35. The zero-order valence-electron chi connectivity index (χ0n) is 14.6. The van der Waals surface area contributed by atoms with Crippen molar-refractivity contribution < 1.29 is 14.6 Å². The molecule has 3 rings (SSSR count). The topological polar surface area (TPSA) is 97.2 Å². The van der Waals surface area contributed by atoms with Crippen molar-refractivity contribution in [1.82, 2.24) is 15.0 Å². The van der Waals surface area contributed by atoms with Crippen LogP contribution in [0.5, 0.6) is 5.88 Å². The van der Waals surface area contributed by atoms with E-state index in [0.29, 0.717) is 33.3 Å². The first-order valence-corrected chi connectivity index (χ1v) is 9.10. The van der Waals surface area contributed by atoms with E-state index >= 15 is 0 Å². The largest absolute Gasteiger partial charge is 0.481 e. The van der Waals surface area contributed by atoms with Gasteiger partial charge in [0, 0.05) is 18.8 Å². The van der Waals surface area contributed by atoms with Crippen LogP contribution in [0.25, 0.3) is 11.5 Å². The van der Waals surface area contributed by atoms with Crippen LogP contribution in [0.15, 0.2) is 48.7 Å². The van der Waals surface area contributed by atoms with Crippen LogP contribution in [0.1, 0.15) is 12.0 Å². The molecule has 28 heavy (non-hydrogen) atoms. The van der Waals surface area contributed by atoms with Crippen molar-refractivity contribution in [2.45, 2.75) is 13.0 Å². The van der Waals surface area contributed by atoms with Crippen molar-refractivity contribution in [3.63, 3.8) is 0 Å². The van der Waals surface area contributed by atoms with Crippen molar-refractivity contribution in [1.29, 1.82) is 0 Å². The van der Waals surface area contributed by atoms with Gasteiger partial charge < -0.3 is 15.2 Å². The molecule has 9 heteroatoms. The van der Waals surface area contributed by atoms with Crippen molar-refractivity contribution >= 4 is 35.0 Å². The highest BCUT2D eigenvalue weighted by molar-refractivity contribution is 6.42. The predicted molar refractivity (Wildman–Crippen MR) is 107 cm³/mol. The molecule has 3 aromatic rings. The Morgan fingerprint density at radius 3 is 2.68 bits per heavy atom. The summed E-state index contributed by atoms with van der Waals surface area (Å²) in [6.07, 6.45) is 1.60. The maximum Gasteiger partial charge on any atom is 0.305 e. The number of nitrogens with zero attached hydrogens (tertiary/aromatic N) is 3. The molecule has 7 nitrogen and oxygen atoms in total. The lowest BCUT2D eigenvalue weighted by molar-refractivity contribution is -0.136. The lowest BCUT2D eigenvalue weighted by Gasteiger charge is -2.11. The Morgan fingerprint density at radius 2 is 1.96 bits per heavy atom. The Bertz CT molecular complexity index is 971. The molecule has 0 amide bonds. The number of benzene rings is 1. The van der Waals surface area contributed by atoms with Crippen LogP contribution in [-0.4, -0.2) is 32.6 Å². The lowest BCUT2D eigenvalue weighted by atomic mass is 10.2. The predicted octanol–water partition coefficient (Wildman–Crippen LogP) is 4.31. The Balaban J connectivity index is 1.81. The van der Waals surface area contributed by atoms with Crippen LogP contribution in [-0.2, 0) is 11.4 Å². The van der Waals surface area contributed by atoms with E-state index in [1.807, 2.05) is 6.07 Å². The number of aliphatic carboxylic acids is 1. The highest BCUT2D eigenvalue weighted by atomic mass is 35.5. The average Bonchev–Trinajstić information content (AvgIpc) is 2.69. The number of aromatic nitrogens is 3. The highest BCUT2D eigenvalue weighted by Gasteiger charge is 2.10. The van der Waals surface area contributed by atoms with Gasteiger partial charge in [-0.05, 0) is 29.8 Å². The van der Waals surface area contributed by atoms with Gasteiger partial charge in [-0.3, -0.25) is 9.78 Å². The molecule has 2 N–H and O–H groups in total. The minimum Gasteiger partial charge on any atom is -0.481 e. The van der Waals surface area contributed by atoms with Gasteiger partial charge in [0.15, 0.2) is 5.82 Å². The van der Waals surface area contributed by atoms with Crippen LogP contribution in [0.3, 0.4) is 0 Å². The van der Waals surface area contributed by atoms with Gasteiger partial charge in [0.05, 0.1) is 16.5 Å². The molecule has 0 unspecified atom stereocenters. The summed E-state index contributed by atoms with van der Waals surface area (Å²) in [5.41, 5.74) is 1.40. The van der Waals surface area contributed by atoms with E-state index in [0.717, 1.165) is 5.56 Å². The fourth-order valence-corrected chi connectivity index (χ4v) is 2.60. The molecule has 0 fully saturated rings. The monoisotopic (exact) mass is 418 g/mol. The van der Waals surface area contributed by atoms with E-state index in [1.165, 1.54) is 0 Å². The Hall–Kier alpha value is -2.90. The number of rotatable bonds is 8. The van der Waals surface area contributed by atoms with E-state index in [4.69, 9.17) is 33.0 Å². The van der Waals surface area contributed by atoms with Gasteiger partial charge in [0.25, 0.3) is 0 Å². The number of nitrogens with one attached hydrogen (secondary N) is 1. The van der Waals surface area contributed by atoms with Crippen molar-refractivity contribution in [3.8, 4) is 17.4 Å². The van der Waals surface area contributed by atoms with Gasteiger partial charge in [0.2, 0.25) is 5.88 Å². The molecular weight excluding hydrogens is 403 g/mol. The maximum absolute atomic E-state index is 10.7. The van der Waals surface area contributed by atoms with Crippen LogP contribution in [0.2, 0.25) is 10.0 Å². The summed E-state index contributed by atoms with van der Waals surface area (Å²) in [6.45, 7) is 0.449. The highest BCUT2D eigenvalue weighted by Crippen LogP contribution is 2.24. The Kier molecular flexibility index (Phi) is 6.62. The quantitative estimate of drug-likeness (QED) is 0.562. The number of carbonyl (C=O) groups is 1. The van der Waals surface area contributed by atoms with Gasteiger partial charge in [-0.25, -0.2) is 4.98 Å². The fourth-order valence-electron chi connectivity index (χ4n) is 2.28. The Labute approximate surface area is 171 Å². The number of hydrogen-bond donors (Lipinski definition) is 2. The fraction of sp³-hybridized carbons (Fsp3) is 0.158. The van der Waals surface area contributed by atoms with Crippen LogP contribution >= 0.6 is 23.2 Å². The summed E-state index contributed by atoms with van der Waals surface area (Å²) < 4.78 is 5.78. The summed E-state index contributed by atoms with van der Waals surface area (Å²) in [7, 11) is 0. The minimum absolute atomic E-state index is 0.0393. The van der Waals surface area contributed by atoms with Crippen molar-refractivity contribution in [2.24, 2.45) is 0 Å². The molecule has 1 aromatic carbocycles. The second-order valence-electron chi connectivity index (χ2n) is 5.74. The molecule has 0 aliphatic rings. The smallest absolute Gasteiger partial charge is 0.305 e. The van der Waals surface area contributed by atoms with Crippen molar-refractivity contribution in [2.75, 3.05) is 11.9 Å². The van der Waals surface area contributed by atoms with Crippen LogP contribution in [0, 0.1) is 0 Å². The third kappa shape index (κ3) is 5.55. The van der Waals surface area contributed by atoms with E-state index in [2.05, 4.69) is 20.3 Å². The zero-order chi connectivity index (χ0) is 19.9. The summed E-state index contributed by atoms with van der Waals surface area (Å²) in [5.74, 6) is 0.230. The average molecular weight is 419 g/mol. The second-order valence-corrected chi connectivity index (χ2v) is 6.55. The van der Waals surface area contributed by atoms with Crippen molar-refractivity contribution in [3.05, 3.63) is 64.3 Å². The first-order valence-electron chi connectivity index (χ1n) is 8.34. The number of ether oxygens (including phenoxy) is 1. The molecule has 0 atom stereocenters. The molecule has 0 bridgehead atoms. The maximum atomic E-state index is 10.7. The number of halogens is 2. The van der Waals surface area contributed by atoms with E-state index in [9.17, 15) is 4.79 Å². The zero-order valence-corrected chi connectivity index (χ0v) is 16.1. The molecule has 0 saturated heterocycles. The van der Waals surface area contributed by atoms with Crippen LogP contribution < -0.4 is 10.1 Å². The summed E-state index contributed by atoms with van der Waals surface area (Å²) in [6, 6.07) is 12.2. The normalized spacial score (nSPS) is 10.5. The third-order valence-electron chi connectivity index (χ3n) is 3.61. The van der Waals surface area contributed by atoms with Gasteiger partial charge in [0.1, 0.15) is 18.1 Å². The van der Waals surface area contributed by atoms with Gasteiger partial charge >= 0.3 is 5.97 Å². The standard InChI is InChI=1S/C19H16Cl2N4O3/c20-13-5-4-12(9-14(13)21)11-28-17-10-16(23-8-6-18(26)27)24-19(25-17)15-3-1-2-7-22-15/h1-5,7,9-10H,6,8,11H2,(H,26,27)(H,23,24,25). The number of hydrogen-bond acceptors (Lipinski definition) is 6. The van der Waals surface area contributed by atoms with Gasteiger partial charge in [-0.15, -0.1) is 0 Å². The first-order chi connectivity index (χ1) is 13.5. The van der Waals surface area contributed by atoms with E-state index in [1.54, 1.807) is 42.6 Å². The van der Waals surface area contributed by atoms with Crippen LogP contribution in [0.4, 0.5) is 5.82 Å². The molecule has 144 valence electrons. The molecule has 2 heterocycles. The summed E-state index contributed by atoms with van der Waals surface area (Å²) >= 11 is 12.0. The number of carboxylic acid groups (broad SMARTS) is 1. The minimum atomic E-state index is -0.900. The summed E-state index contributed by atoms with van der Waals surface area (Å²) in [5, 5.41) is 12.7. The molecule has 0 aliphatic carbocycles. The molecule has 0 aliphatic heterocycles. The lowest BCUT2D eigenvalue weighted by Crippen LogP contribution is -2.10. The summed E-state index contributed by atoms with van der Waals surface area (Å²) in [4.78, 5) is 23.7. The van der Waals surface area contributed by atoms with Gasteiger partial charge in [-0.2, -0.15) is 4.98 Å². The molecule has 0 radical (unpaired) electrons. The van der Waals surface area contributed by atoms with Gasteiger partial charge in [-0.1, -0.05) is 35.3 Å². The molecule has 0 spiro atoms. The Morgan fingerprint density at radius 1 is 1.11 bits per heavy atom. The molecule has 0 saturated carbocycles. The number of pyridine rings is 1. The van der Waals surface area contributed by atoms with E-state index < -0.39 is 5.97 Å². The first kappa shape index (κ1) is 19.9. The SMILES string of the molecule is O=C(O)CCNc1cc(OCc2ccc(Cl)c(Cl)c2)nc(-c2ccccn2)n1. The number of anilines is 1. The second kappa shape index (κ2) is 9.34. The van der Waals surface area contributed by atoms with E-state index in [-0.39, 0.29) is 19.6 Å². The molecular formula is C19H16Cl2N4O3.